The summed E-state index contributed by atoms with van der Waals surface area (Å²) in [5, 5.41) is 5.89. The number of methoxy groups -OCH3 is 1. The van der Waals surface area contributed by atoms with Crippen molar-refractivity contribution in [3.63, 3.8) is 0 Å². The Morgan fingerprint density at radius 2 is 2.06 bits per heavy atom. The predicted molar refractivity (Wildman–Crippen MR) is 62.0 cm³/mol. The van der Waals surface area contributed by atoms with Gasteiger partial charge in [-0.15, -0.1) is 0 Å². The van der Waals surface area contributed by atoms with Crippen LogP contribution in [0.1, 0.15) is 0 Å². The molecule has 0 saturated heterocycles. The number of hydrogen-bond donors (Lipinski definition) is 1. The molecular weight excluding hydrogens is 244 g/mol. The average molecular weight is 254 g/mol. The zero-order valence-corrected chi connectivity index (χ0v) is 10.0. The molecular formula is C10H10N2O4S. The molecule has 0 aliphatic rings. The Morgan fingerprint density at radius 3 is 2.65 bits per heavy atom. The summed E-state index contributed by atoms with van der Waals surface area (Å²) in [4.78, 5) is 11.9. The van der Waals surface area contributed by atoms with E-state index in [1.165, 1.54) is 13.2 Å². The third-order valence-corrected chi connectivity index (χ3v) is 3.27. The van der Waals surface area contributed by atoms with Crippen LogP contribution in [0.3, 0.4) is 0 Å². The van der Waals surface area contributed by atoms with Gasteiger partial charge in [-0.1, -0.05) is 0 Å². The van der Waals surface area contributed by atoms with Crippen LogP contribution in [0.15, 0.2) is 28.0 Å². The minimum absolute atomic E-state index is 0.265. The molecule has 0 amide bonds. The number of nitrogens with zero attached hydrogens (tertiary/aromatic N) is 1. The van der Waals surface area contributed by atoms with Crippen molar-refractivity contribution in [2.45, 2.75) is 5.03 Å². The number of rotatable bonds is 2. The highest BCUT2D eigenvalue weighted by molar-refractivity contribution is 7.90. The minimum Gasteiger partial charge on any atom is -0.497 e. The molecule has 90 valence electrons. The quantitative estimate of drug-likeness (QED) is 0.834. The van der Waals surface area contributed by atoms with E-state index in [0.29, 0.717) is 11.3 Å². The van der Waals surface area contributed by atoms with Crippen molar-refractivity contribution in [3.05, 3.63) is 28.4 Å². The molecule has 0 radical (unpaired) electrons. The summed E-state index contributed by atoms with van der Waals surface area (Å²) >= 11 is 0. The summed E-state index contributed by atoms with van der Waals surface area (Å²) in [5.74, 6) is 0.557. The Balaban J connectivity index is 2.83. The number of H-pyrrole nitrogens is 1. The summed E-state index contributed by atoms with van der Waals surface area (Å²) in [7, 11) is -2.13. The van der Waals surface area contributed by atoms with Crippen molar-refractivity contribution >= 4 is 20.7 Å². The van der Waals surface area contributed by atoms with Crippen LogP contribution >= 0.6 is 0 Å². The lowest BCUT2D eigenvalue weighted by molar-refractivity contribution is 0.415. The van der Waals surface area contributed by atoms with E-state index in [9.17, 15) is 13.2 Å². The third-order valence-electron chi connectivity index (χ3n) is 2.29. The number of sulfone groups is 1. The smallest absolute Gasteiger partial charge is 0.226 e. The summed E-state index contributed by atoms with van der Waals surface area (Å²) < 4.78 is 27.6. The van der Waals surface area contributed by atoms with Gasteiger partial charge in [-0.05, 0) is 12.1 Å². The maximum atomic E-state index is 11.9. The number of aromatic nitrogens is 2. The number of ether oxygens (including phenoxy) is 1. The number of fused-ring (bicyclic) bond motifs is 1. The van der Waals surface area contributed by atoms with Gasteiger partial charge < -0.3 is 4.74 Å². The maximum absolute atomic E-state index is 11.9. The first kappa shape index (κ1) is 11.6. The first-order chi connectivity index (χ1) is 7.93. The highest BCUT2D eigenvalue weighted by atomic mass is 32.2. The predicted octanol–water partition coefficient (Wildman–Crippen LogP) is 0.335. The van der Waals surface area contributed by atoms with Gasteiger partial charge in [0.15, 0.2) is 9.84 Å². The molecule has 1 aromatic heterocycles. The van der Waals surface area contributed by atoms with Crippen LogP contribution in [0.2, 0.25) is 0 Å². The molecule has 0 bridgehead atoms. The van der Waals surface area contributed by atoms with Gasteiger partial charge in [-0.25, -0.2) is 8.42 Å². The zero-order valence-electron chi connectivity index (χ0n) is 9.22. The number of hydrogen-bond acceptors (Lipinski definition) is 5. The largest absolute Gasteiger partial charge is 0.497 e. The lowest BCUT2D eigenvalue weighted by Gasteiger charge is -2.03. The Labute approximate surface area is 97.2 Å². The summed E-state index contributed by atoms with van der Waals surface area (Å²) in [6.07, 6.45) is 0.944. The highest BCUT2D eigenvalue weighted by Crippen LogP contribution is 2.16. The van der Waals surface area contributed by atoms with E-state index >= 15 is 0 Å². The minimum atomic E-state index is -3.63. The summed E-state index contributed by atoms with van der Waals surface area (Å²) in [5.41, 5.74) is -0.175. The van der Waals surface area contributed by atoms with Crippen LogP contribution in [0.5, 0.6) is 5.75 Å². The molecule has 6 nitrogen and oxygen atoms in total. The standard InChI is InChI=1S/C10H10N2O4S/c1-16-6-3-4-7-8(5-6)11-12-10(9(7)13)17(2,14)15/h3-5H,1-2H3,(H,11,13). The molecule has 0 unspecified atom stereocenters. The van der Waals surface area contributed by atoms with Gasteiger partial charge in [-0.2, -0.15) is 5.10 Å². The van der Waals surface area contributed by atoms with Crippen LogP contribution in [-0.2, 0) is 9.84 Å². The molecule has 0 saturated carbocycles. The van der Waals surface area contributed by atoms with Crippen molar-refractivity contribution < 1.29 is 13.2 Å². The van der Waals surface area contributed by atoms with Crippen LogP contribution < -0.4 is 10.2 Å². The Bertz CT molecular complexity index is 734. The molecule has 1 heterocycles. The van der Waals surface area contributed by atoms with E-state index in [1.807, 2.05) is 0 Å². The molecule has 2 aromatic rings. The van der Waals surface area contributed by atoms with Crippen molar-refractivity contribution in [2.24, 2.45) is 0 Å². The lowest BCUT2D eigenvalue weighted by Crippen LogP contribution is -2.17. The van der Waals surface area contributed by atoms with Gasteiger partial charge in [-0.3, -0.25) is 9.89 Å². The average Bonchev–Trinajstić information content (AvgIpc) is 2.27. The first-order valence-corrected chi connectivity index (χ1v) is 6.59. The van der Waals surface area contributed by atoms with Crippen molar-refractivity contribution in [3.8, 4) is 5.75 Å². The van der Waals surface area contributed by atoms with Crippen LogP contribution in [0.4, 0.5) is 0 Å². The van der Waals surface area contributed by atoms with Crippen LogP contribution in [-0.4, -0.2) is 32.0 Å². The number of benzene rings is 1. The van der Waals surface area contributed by atoms with Crippen LogP contribution in [0.25, 0.3) is 10.9 Å². The fourth-order valence-electron chi connectivity index (χ4n) is 1.47. The Morgan fingerprint density at radius 1 is 1.35 bits per heavy atom. The van der Waals surface area contributed by atoms with E-state index in [1.54, 1.807) is 12.1 Å². The molecule has 0 spiro atoms. The summed E-state index contributed by atoms with van der Waals surface area (Å²) in [6.45, 7) is 0. The monoisotopic (exact) mass is 254 g/mol. The third kappa shape index (κ3) is 2.01. The first-order valence-electron chi connectivity index (χ1n) is 4.70. The fraction of sp³-hybridized carbons (Fsp3) is 0.200. The van der Waals surface area contributed by atoms with E-state index in [0.717, 1.165) is 6.26 Å². The fourth-order valence-corrected chi connectivity index (χ4v) is 2.13. The molecule has 0 atom stereocenters. The van der Waals surface area contributed by atoms with E-state index in [-0.39, 0.29) is 5.39 Å². The maximum Gasteiger partial charge on any atom is 0.226 e. The molecule has 1 N–H and O–H groups in total. The molecule has 0 aliphatic heterocycles. The van der Waals surface area contributed by atoms with E-state index in [4.69, 9.17) is 4.74 Å². The summed E-state index contributed by atoms with van der Waals surface area (Å²) in [6, 6.07) is 4.67. The van der Waals surface area contributed by atoms with E-state index in [2.05, 4.69) is 10.2 Å². The lowest BCUT2D eigenvalue weighted by atomic mass is 10.2. The molecule has 0 aliphatic carbocycles. The highest BCUT2D eigenvalue weighted by Gasteiger charge is 2.16. The number of nitrogens with one attached hydrogen (secondary N) is 1. The second-order valence-corrected chi connectivity index (χ2v) is 5.47. The zero-order chi connectivity index (χ0) is 12.6. The molecule has 7 heteroatoms. The van der Waals surface area contributed by atoms with Gasteiger partial charge in [0, 0.05) is 12.3 Å². The SMILES string of the molecule is COc1ccc2c(=O)c(S(C)(=O)=O)n[nH]c2c1. The van der Waals surface area contributed by atoms with Gasteiger partial charge in [0.05, 0.1) is 18.0 Å². The van der Waals surface area contributed by atoms with Gasteiger partial charge >= 0.3 is 0 Å². The van der Waals surface area contributed by atoms with Crippen molar-refractivity contribution in [2.75, 3.05) is 13.4 Å². The second-order valence-electron chi connectivity index (χ2n) is 3.54. The van der Waals surface area contributed by atoms with E-state index < -0.39 is 20.3 Å². The molecule has 2 rings (SSSR count). The Kier molecular flexibility index (Phi) is 2.62. The molecule has 0 fully saturated rings. The van der Waals surface area contributed by atoms with Gasteiger partial charge in [0.1, 0.15) is 5.75 Å². The second kappa shape index (κ2) is 3.85. The molecule has 1 aromatic carbocycles. The Hall–Kier alpha value is -1.89. The topological polar surface area (TPSA) is 89.1 Å². The van der Waals surface area contributed by atoms with Crippen molar-refractivity contribution in [1.29, 1.82) is 0 Å². The van der Waals surface area contributed by atoms with Crippen molar-refractivity contribution in [1.82, 2.24) is 10.2 Å². The molecule has 17 heavy (non-hydrogen) atoms. The van der Waals surface area contributed by atoms with Gasteiger partial charge in [0.2, 0.25) is 10.5 Å². The number of aromatic amines is 1. The normalized spacial score (nSPS) is 11.6. The van der Waals surface area contributed by atoms with Gasteiger partial charge in [0.25, 0.3) is 0 Å². The van der Waals surface area contributed by atoms with Crippen LogP contribution in [0, 0.1) is 0 Å².